The normalized spacial score (nSPS) is 13.1. The van der Waals surface area contributed by atoms with E-state index < -0.39 is 5.97 Å². The Hall–Kier alpha value is -3.41. The average Bonchev–Trinajstić information content (AvgIpc) is 2.76. The van der Waals surface area contributed by atoms with Crippen molar-refractivity contribution in [2.45, 2.75) is 12.8 Å². The van der Waals surface area contributed by atoms with Crippen LogP contribution in [0.25, 0.3) is 10.9 Å². The minimum absolute atomic E-state index is 0.171. The highest BCUT2D eigenvalue weighted by Gasteiger charge is 2.23. The zero-order valence-electron chi connectivity index (χ0n) is 15.6. The molecule has 2 aromatic carbocycles. The number of ether oxygens (including phenoxy) is 2. The molecular weight excluding hydrogens is 356 g/mol. The van der Waals surface area contributed by atoms with Crippen LogP contribution < -0.4 is 9.64 Å². The Labute approximate surface area is 162 Å². The molecule has 0 saturated carbocycles. The molecule has 6 nitrogen and oxygen atoms in total. The Kier molecular flexibility index (Phi) is 4.93. The van der Waals surface area contributed by atoms with Gasteiger partial charge in [-0.2, -0.15) is 0 Å². The third kappa shape index (κ3) is 3.53. The number of fused-ring (bicyclic) bond motifs is 2. The van der Waals surface area contributed by atoms with E-state index in [1.165, 1.54) is 0 Å². The quantitative estimate of drug-likeness (QED) is 0.653. The molecule has 0 aliphatic carbocycles. The first-order valence-electron chi connectivity index (χ1n) is 9.16. The second-order valence-corrected chi connectivity index (χ2v) is 6.61. The standard InChI is InChI=1S/C22H20N2O4/c1-27-17-9-11-18-16(13-17)8-10-19(23-18)22(26)28-14-21(25)24-12-4-6-15-5-2-3-7-20(15)24/h2-3,5,7-11,13H,4,6,12,14H2,1H3. The second kappa shape index (κ2) is 7.68. The van der Waals surface area contributed by atoms with E-state index in [0.29, 0.717) is 12.1 Å². The SMILES string of the molecule is COc1ccc2nc(C(=O)OCC(=O)N3CCCc4ccccc43)ccc2c1. The zero-order chi connectivity index (χ0) is 19.5. The smallest absolute Gasteiger partial charge is 0.357 e. The number of hydrogen-bond donors (Lipinski definition) is 0. The van der Waals surface area contributed by atoms with Gasteiger partial charge in [-0.1, -0.05) is 24.3 Å². The van der Waals surface area contributed by atoms with Crippen molar-refractivity contribution in [1.82, 2.24) is 4.98 Å². The number of amides is 1. The molecule has 0 spiro atoms. The second-order valence-electron chi connectivity index (χ2n) is 6.61. The average molecular weight is 376 g/mol. The lowest BCUT2D eigenvalue weighted by atomic mass is 10.0. The van der Waals surface area contributed by atoms with Gasteiger partial charge in [-0.15, -0.1) is 0 Å². The number of carbonyl (C=O) groups is 2. The molecule has 0 saturated heterocycles. The molecule has 0 N–H and O–H groups in total. The summed E-state index contributed by atoms with van der Waals surface area (Å²) in [4.78, 5) is 31.0. The number of methoxy groups -OCH3 is 1. The number of pyridine rings is 1. The van der Waals surface area contributed by atoms with E-state index in [9.17, 15) is 9.59 Å². The van der Waals surface area contributed by atoms with Crippen molar-refractivity contribution in [3.63, 3.8) is 0 Å². The molecule has 28 heavy (non-hydrogen) atoms. The van der Waals surface area contributed by atoms with Crippen LogP contribution in [0.3, 0.4) is 0 Å². The maximum Gasteiger partial charge on any atom is 0.357 e. The molecule has 2 heterocycles. The van der Waals surface area contributed by atoms with Gasteiger partial charge >= 0.3 is 5.97 Å². The summed E-state index contributed by atoms with van der Waals surface area (Å²) in [6.45, 7) is 0.318. The summed E-state index contributed by atoms with van der Waals surface area (Å²) in [6, 6.07) is 16.6. The van der Waals surface area contributed by atoms with Crippen molar-refractivity contribution < 1.29 is 19.1 Å². The van der Waals surface area contributed by atoms with Gasteiger partial charge < -0.3 is 14.4 Å². The van der Waals surface area contributed by atoms with Crippen LogP contribution in [0.15, 0.2) is 54.6 Å². The van der Waals surface area contributed by atoms with E-state index in [0.717, 1.165) is 35.2 Å². The maximum absolute atomic E-state index is 12.6. The fourth-order valence-corrected chi connectivity index (χ4v) is 3.42. The van der Waals surface area contributed by atoms with E-state index in [-0.39, 0.29) is 18.2 Å². The lowest BCUT2D eigenvalue weighted by Gasteiger charge is -2.29. The van der Waals surface area contributed by atoms with Gasteiger partial charge in [0, 0.05) is 17.6 Å². The molecule has 3 aromatic rings. The van der Waals surface area contributed by atoms with Crippen LogP contribution in [-0.2, 0) is 16.0 Å². The summed E-state index contributed by atoms with van der Waals surface area (Å²) in [5.74, 6) is -0.126. The van der Waals surface area contributed by atoms with Gasteiger partial charge in [-0.05, 0) is 48.7 Å². The molecule has 142 valence electrons. The van der Waals surface area contributed by atoms with Crippen molar-refractivity contribution in [3.05, 3.63) is 65.9 Å². The largest absolute Gasteiger partial charge is 0.497 e. The monoisotopic (exact) mass is 376 g/mol. The van der Waals surface area contributed by atoms with Gasteiger partial charge in [-0.3, -0.25) is 4.79 Å². The van der Waals surface area contributed by atoms with Crippen molar-refractivity contribution in [1.29, 1.82) is 0 Å². The number of benzene rings is 2. The predicted molar refractivity (Wildman–Crippen MR) is 106 cm³/mol. The van der Waals surface area contributed by atoms with Crippen LogP contribution in [0, 0.1) is 0 Å². The summed E-state index contributed by atoms with van der Waals surface area (Å²) < 4.78 is 10.4. The maximum atomic E-state index is 12.6. The van der Waals surface area contributed by atoms with Gasteiger partial charge in [-0.25, -0.2) is 9.78 Å². The third-order valence-corrected chi connectivity index (χ3v) is 4.84. The van der Waals surface area contributed by atoms with Crippen molar-refractivity contribution in [2.24, 2.45) is 0 Å². The molecule has 6 heteroatoms. The predicted octanol–water partition coefficient (Wildman–Crippen LogP) is 3.38. The van der Waals surface area contributed by atoms with Crippen LogP contribution >= 0.6 is 0 Å². The Morgan fingerprint density at radius 3 is 2.82 bits per heavy atom. The van der Waals surface area contributed by atoms with Gasteiger partial charge in [0.15, 0.2) is 6.61 Å². The fourth-order valence-electron chi connectivity index (χ4n) is 3.42. The fraction of sp³-hybridized carbons (Fsp3) is 0.227. The molecule has 0 unspecified atom stereocenters. The van der Waals surface area contributed by atoms with Gasteiger partial charge in [0.25, 0.3) is 5.91 Å². The van der Waals surface area contributed by atoms with E-state index in [4.69, 9.17) is 9.47 Å². The lowest BCUT2D eigenvalue weighted by Crippen LogP contribution is -2.38. The van der Waals surface area contributed by atoms with E-state index in [1.807, 2.05) is 30.3 Å². The molecular formula is C22H20N2O4. The molecule has 0 fully saturated rings. The summed E-state index contributed by atoms with van der Waals surface area (Å²) >= 11 is 0. The third-order valence-electron chi connectivity index (χ3n) is 4.84. The Morgan fingerprint density at radius 1 is 1.11 bits per heavy atom. The number of esters is 1. The molecule has 1 aliphatic rings. The summed E-state index contributed by atoms with van der Waals surface area (Å²) in [7, 11) is 1.60. The number of carbonyl (C=O) groups excluding carboxylic acids is 2. The number of aromatic nitrogens is 1. The zero-order valence-corrected chi connectivity index (χ0v) is 15.6. The molecule has 1 aliphatic heterocycles. The van der Waals surface area contributed by atoms with Gasteiger partial charge in [0.1, 0.15) is 11.4 Å². The van der Waals surface area contributed by atoms with Crippen LogP contribution in [0.1, 0.15) is 22.5 Å². The number of nitrogens with zero attached hydrogens (tertiary/aromatic N) is 2. The Balaban J connectivity index is 1.44. The molecule has 1 aromatic heterocycles. The summed E-state index contributed by atoms with van der Waals surface area (Å²) in [5, 5.41) is 0.858. The minimum atomic E-state index is -0.614. The molecule has 0 bridgehead atoms. The number of para-hydroxylation sites is 1. The van der Waals surface area contributed by atoms with E-state index in [1.54, 1.807) is 36.3 Å². The number of rotatable bonds is 4. The topological polar surface area (TPSA) is 68.7 Å². The Bertz CT molecular complexity index is 1050. The minimum Gasteiger partial charge on any atom is -0.497 e. The van der Waals surface area contributed by atoms with Gasteiger partial charge in [0.2, 0.25) is 0 Å². The summed E-state index contributed by atoms with van der Waals surface area (Å²) in [6.07, 6.45) is 1.85. The van der Waals surface area contributed by atoms with Crippen LogP contribution in [0.5, 0.6) is 5.75 Å². The van der Waals surface area contributed by atoms with E-state index >= 15 is 0 Å². The number of anilines is 1. The summed E-state index contributed by atoms with van der Waals surface area (Å²) in [5.41, 5.74) is 2.86. The molecule has 4 rings (SSSR count). The first-order valence-corrected chi connectivity index (χ1v) is 9.16. The molecule has 0 atom stereocenters. The number of aryl methyl sites for hydroxylation is 1. The molecule has 1 amide bonds. The Morgan fingerprint density at radius 2 is 1.96 bits per heavy atom. The first kappa shape index (κ1) is 18.0. The van der Waals surface area contributed by atoms with Crippen LogP contribution in [-0.4, -0.2) is 37.1 Å². The lowest BCUT2D eigenvalue weighted by molar-refractivity contribution is -0.121. The first-order chi connectivity index (χ1) is 13.7. The van der Waals surface area contributed by atoms with Crippen molar-refractivity contribution in [2.75, 3.05) is 25.2 Å². The van der Waals surface area contributed by atoms with Crippen molar-refractivity contribution >= 4 is 28.5 Å². The van der Waals surface area contributed by atoms with Crippen molar-refractivity contribution in [3.8, 4) is 5.75 Å². The van der Waals surface area contributed by atoms with Crippen LogP contribution in [0.4, 0.5) is 5.69 Å². The number of hydrogen-bond acceptors (Lipinski definition) is 5. The highest BCUT2D eigenvalue weighted by Crippen LogP contribution is 2.26. The highest BCUT2D eigenvalue weighted by molar-refractivity contribution is 5.98. The highest BCUT2D eigenvalue weighted by atomic mass is 16.5. The van der Waals surface area contributed by atoms with Gasteiger partial charge in [0.05, 0.1) is 12.6 Å². The van der Waals surface area contributed by atoms with Crippen LogP contribution in [0.2, 0.25) is 0 Å². The molecule has 0 radical (unpaired) electrons. The van der Waals surface area contributed by atoms with E-state index in [2.05, 4.69) is 4.98 Å².